The second-order valence-corrected chi connectivity index (χ2v) is 4.44. The van der Waals surface area contributed by atoms with Gasteiger partial charge < -0.3 is 10.2 Å². The van der Waals surface area contributed by atoms with E-state index >= 15 is 0 Å². The Bertz CT molecular complexity index is 713. The minimum absolute atomic E-state index is 0.231. The Morgan fingerprint density at radius 2 is 1.89 bits per heavy atom. The van der Waals surface area contributed by atoms with Gasteiger partial charge in [0.05, 0.1) is 6.20 Å². The van der Waals surface area contributed by atoms with Crippen LogP contribution in [0.5, 0.6) is 0 Å². The second kappa shape index (κ2) is 4.77. The zero-order valence-electron chi connectivity index (χ0n) is 9.54. The summed E-state index contributed by atoms with van der Waals surface area (Å²) in [6.07, 6.45) is 1.50. The quantitative estimate of drug-likeness (QED) is 0.780. The molecule has 2 heterocycles. The Balaban J connectivity index is 2.04. The van der Waals surface area contributed by atoms with Gasteiger partial charge in [-0.1, -0.05) is 12.1 Å². The van der Waals surface area contributed by atoms with Crippen LogP contribution < -0.4 is 5.73 Å². The smallest absolute Gasteiger partial charge is 0.270 e. The monoisotopic (exact) mass is 316 g/mol. The molecule has 0 fully saturated rings. The molecule has 0 amide bonds. The Hall–Kier alpha value is -2.28. The van der Waals surface area contributed by atoms with E-state index in [1.165, 1.54) is 6.20 Å². The Labute approximate surface area is 116 Å². The molecule has 0 aliphatic rings. The predicted octanol–water partition coefficient (Wildman–Crippen LogP) is 2.34. The average Bonchev–Trinajstić information content (AvgIpc) is 2.92. The molecule has 0 saturated carbocycles. The molecule has 7 heteroatoms. The normalized spacial score (nSPS) is 10.6. The molecule has 19 heavy (non-hydrogen) atoms. The first-order valence-corrected chi connectivity index (χ1v) is 6.12. The number of nitrogen functional groups attached to an aromatic ring is 1. The van der Waals surface area contributed by atoms with E-state index in [0.717, 1.165) is 5.56 Å². The highest BCUT2D eigenvalue weighted by atomic mass is 79.9. The molecule has 0 unspecified atom stereocenters. The molecule has 0 spiro atoms. The Morgan fingerprint density at radius 3 is 2.68 bits per heavy atom. The standard InChI is InChI=1S/C12H7BrN5O/c13-8-6-15-10(14)9(16-8)12-18-17-11(19-12)7-4-2-1-3-5-7/h2-6H,(H2,14,15). The van der Waals surface area contributed by atoms with E-state index in [2.05, 4.69) is 42.2 Å². The molecule has 1 aromatic carbocycles. The number of halogens is 1. The number of nitrogens with two attached hydrogens (primary N) is 1. The van der Waals surface area contributed by atoms with Gasteiger partial charge in [-0.3, -0.25) is 0 Å². The van der Waals surface area contributed by atoms with Crippen LogP contribution in [0.2, 0.25) is 0 Å². The molecule has 3 aromatic rings. The largest absolute Gasteiger partial charge is 0.414 e. The second-order valence-electron chi connectivity index (χ2n) is 3.63. The van der Waals surface area contributed by atoms with Crippen molar-refractivity contribution in [2.24, 2.45) is 0 Å². The third kappa shape index (κ3) is 2.32. The molecular formula is C12H7BrN5O. The first kappa shape index (κ1) is 11.8. The molecule has 6 nitrogen and oxygen atoms in total. The van der Waals surface area contributed by atoms with Crippen molar-refractivity contribution >= 4 is 21.7 Å². The van der Waals surface area contributed by atoms with Gasteiger partial charge in [0.1, 0.15) is 4.60 Å². The molecule has 3 rings (SSSR count). The maximum absolute atomic E-state index is 5.74. The SMILES string of the molecule is Nc1ncc(Br)nc1-c1nnc(-c2cc[c]cc2)o1. The summed E-state index contributed by atoms with van der Waals surface area (Å²) < 4.78 is 6.10. The van der Waals surface area contributed by atoms with Crippen molar-refractivity contribution in [1.29, 1.82) is 0 Å². The fourth-order valence-corrected chi connectivity index (χ4v) is 1.78. The fraction of sp³-hybridized carbons (Fsp3) is 0. The van der Waals surface area contributed by atoms with Gasteiger partial charge in [0.2, 0.25) is 5.89 Å². The number of anilines is 1. The van der Waals surface area contributed by atoms with Gasteiger partial charge in [0.25, 0.3) is 5.89 Å². The van der Waals surface area contributed by atoms with Crippen LogP contribution in [-0.2, 0) is 0 Å². The zero-order chi connectivity index (χ0) is 13.2. The molecule has 0 aliphatic carbocycles. The molecule has 0 saturated heterocycles. The van der Waals surface area contributed by atoms with Crippen molar-refractivity contribution < 1.29 is 4.42 Å². The van der Waals surface area contributed by atoms with Crippen molar-refractivity contribution in [3.63, 3.8) is 0 Å². The molecule has 2 N–H and O–H groups in total. The van der Waals surface area contributed by atoms with E-state index in [1.54, 1.807) is 12.1 Å². The lowest BCUT2D eigenvalue weighted by atomic mass is 10.2. The highest BCUT2D eigenvalue weighted by Crippen LogP contribution is 2.25. The van der Waals surface area contributed by atoms with Crippen LogP contribution in [0, 0.1) is 6.07 Å². The number of hydrogen-bond donors (Lipinski definition) is 1. The zero-order valence-corrected chi connectivity index (χ0v) is 11.1. The molecule has 93 valence electrons. The van der Waals surface area contributed by atoms with Crippen LogP contribution in [0.1, 0.15) is 0 Å². The summed E-state index contributed by atoms with van der Waals surface area (Å²) in [5.74, 6) is 0.860. The summed E-state index contributed by atoms with van der Waals surface area (Å²) in [6, 6.07) is 10.1. The summed E-state index contributed by atoms with van der Waals surface area (Å²) in [5, 5.41) is 7.90. The molecule has 0 atom stereocenters. The van der Waals surface area contributed by atoms with E-state index in [9.17, 15) is 0 Å². The third-order valence-corrected chi connectivity index (χ3v) is 2.75. The highest BCUT2D eigenvalue weighted by molar-refractivity contribution is 9.10. The maximum Gasteiger partial charge on any atom is 0.270 e. The number of benzene rings is 1. The van der Waals surface area contributed by atoms with Crippen LogP contribution in [0.4, 0.5) is 5.82 Å². The number of hydrogen-bond acceptors (Lipinski definition) is 6. The summed E-state index contributed by atoms with van der Waals surface area (Å²) in [7, 11) is 0. The minimum atomic E-state index is 0.231. The first-order chi connectivity index (χ1) is 9.24. The Morgan fingerprint density at radius 1 is 1.16 bits per heavy atom. The van der Waals surface area contributed by atoms with Gasteiger partial charge in [0.15, 0.2) is 11.5 Å². The van der Waals surface area contributed by atoms with Crippen molar-refractivity contribution in [3.8, 4) is 23.0 Å². The molecule has 0 aliphatic heterocycles. The van der Waals surface area contributed by atoms with Crippen LogP contribution in [0.15, 0.2) is 39.5 Å². The minimum Gasteiger partial charge on any atom is -0.414 e. The van der Waals surface area contributed by atoms with E-state index in [-0.39, 0.29) is 11.7 Å². The van der Waals surface area contributed by atoms with E-state index < -0.39 is 0 Å². The lowest BCUT2D eigenvalue weighted by molar-refractivity contribution is 0.582. The molecule has 2 aromatic heterocycles. The summed E-state index contributed by atoms with van der Waals surface area (Å²) in [6.45, 7) is 0. The van der Waals surface area contributed by atoms with Gasteiger partial charge in [-0.25, -0.2) is 9.97 Å². The summed E-state index contributed by atoms with van der Waals surface area (Å²) in [5.41, 5.74) is 6.90. The van der Waals surface area contributed by atoms with E-state index in [1.807, 2.05) is 12.1 Å². The number of aromatic nitrogens is 4. The van der Waals surface area contributed by atoms with E-state index in [4.69, 9.17) is 10.2 Å². The van der Waals surface area contributed by atoms with Crippen molar-refractivity contribution in [2.75, 3.05) is 5.73 Å². The Kier molecular flexibility index (Phi) is 2.96. The van der Waals surface area contributed by atoms with Crippen molar-refractivity contribution in [2.45, 2.75) is 0 Å². The first-order valence-electron chi connectivity index (χ1n) is 5.32. The average molecular weight is 317 g/mol. The van der Waals surface area contributed by atoms with Crippen LogP contribution in [0.25, 0.3) is 23.0 Å². The molecule has 0 bridgehead atoms. The fourth-order valence-electron chi connectivity index (χ4n) is 1.50. The highest BCUT2D eigenvalue weighted by Gasteiger charge is 2.15. The van der Waals surface area contributed by atoms with Gasteiger partial charge in [-0.15, -0.1) is 10.2 Å². The van der Waals surface area contributed by atoms with Gasteiger partial charge in [0, 0.05) is 5.56 Å². The topological polar surface area (TPSA) is 90.7 Å². The van der Waals surface area contributed by atoms with E-state index in [0.29, 0.717) is 16.2 Å². The van der Waals surface area contributed by atoms with Gasteiger partial charge >= 0.3 is 0 Å². The lowest BCUT2D eigenvalue weighted by Crippen LogP contribution is -1.97. The maximum atomic E-state index is 5.74. The van der Waals surface area contributed by atoms with Crippen molar-refractivity contribution in [3.05, 3.63) is 41.1 Å². The molecule has 1 radical (unpaired) electrons. The number of nitrogens with zero attached hydrogens (tertiary/aromatic N) is 4. The summed E-state index contributed by atoms with van der Waals surface area (Å²) in [4.78, 5) is 8.15. The third-order valence-electron chi connectivity index (χ3n) is 2.36. The lowest BCUT2D eigenvalue weighted by Gasteiger charge is -1.98. The van der Waals surface area contributed by atoms with Crippen LogP contribution in [0.3, 0.4) is 0 Å². The molecular weight excluding hydrogens is 310 g/mol. The van der Waals surface area contributed by atoms with Crippen LogP contribution in [-0.4, -0.2) is 20.2 Å². The van der Waals surface area contributed by atoms with Crippen LogP contribution >= 0.6 is 15.9 Å². The summed E-state index contributed by atoms with van der Waals surface area (Å²) >= 11 is 3.22. The predicted molar refractivity (Wildman–Crippen MR) is 71.7 cm³/mol. The van der Waals surface area contributed by atoms with Gasteiger partial charge in [-0.05, 0) is 34.1 Å². The van der Waals surface area contributed by atoms with Crippen molar-refractivity contribution in [1.82, 2.24) is 20.2 Å². The van der Waals surface area contributed by atoms with Gasteiger partial charge in [-0.2, -0.15) is 0 Å². The number of rotatable bonds is 2.